The van der Waals surface area contributed by atoms with Gasteiger partial charge in [-0.2, -0.15) is 10.5 Å². The highest BCUT2D eigenvalue weighted by Crippen LogP contribution is 2.38. The molecule has 1 unspecified atom stereocenters. The second-order valence-electron chi connectivity index (χ2n) is 5.93. The summed E-state index contributed by atoms with van der Waals surface area (Å²) in [5.74, 6) is -1.07. The van der Waals surface area contributed by atoms with Crippen LogP contribution in [0.1, 0.15) is 41.1 Å². The lowest BCUT2D eigenvalue weighted by atomic mass is 9.90. The van der Waals surface area contributed by atoms with Gasteiger partial charge in [0.25, 0.3) is 0 Å². The molecule has 0 fully saturated rings. The molecular weight excluding hydrogens is 347 g/mol. The number of ether oxygens (including phenoxy) is 1. The number of benzene rings is 1. The molecule has 1 aromatic carbocycles. The Morgan fingerprint density at radius 1 is 1.30 bits per heavy atom. The fourth-order valence-corrected chi connectivity index (χ4v) is 2.96. The van der Waals surface area contributed by atoms with Crippen LogP contribution in [0, 0.1) is 28.5 Å². The van der Waals surface area contributed by atoms with Crippen molar-refractivity contribution in [3.8, 4) is 23.3 Å². The van der Waals surface area contributed by atoms with Crippen LogP contribution in [0.2, 0.25) is 0 Å². The van der Waals surface area contributed by atoms with E-state index in [1.807, 2.05) is 12.1 Å². The number of esters is 1. The zero-order valence-corrected chi connectivity index (χ0v) is 14.5. The number of nitriles is 2. The average Bonchev–Trinajstić information content (AvgIpc) is 3.13. The molecule has 1 aliphatic rings. The molecule has 5 nitrogen and oxygen atoms in total. The lowest BCUT2D eigenvalue weighted by Gasteiger charge is -2.14. The highest BCUT2D eigenvalue weighted by molar-refractivity contribution is 5.89. The molecule has 0 bridgehead atoms. The van der Waals surface area contributed by atoms with Gasteiger partial charge in [0, 0.05) is 17.1 Å². The van der Waals surface area contributed by atoms with Crippen LogP contribution in [0.5, 0.6) is 0 Å². The first-order valence-electron chi connectivity index (χ1n) is 8.36. The van der Waals surface area contributed by atoms with Crippen LogP contribution < -0.4 is 0 Å². The summed E-state index contributed by atoms with van der Waals surface area (Å²) in [6.45, 7) is 1.87. The Morgan fingerprint density at radius 3 is 2.81 bits per heavy atom. The van der Waals surface area contributed by atoms with Crippen molar-refractivity contribution in [3.63, 3.8) is 0 Å². The third-order valence-electron chi connectivity index (χ3n) is 4.11. The van der Waals surface area contributed by atoms with Gasteiger partial charge in [0.05, 0.1) is 24.3 Å². The molecule has 2 aromatic rings. The lowest BCUT2D eigenvalue weighted by molar-refractivity contribution is 0.0487. The van der Waals surface area contributed by atoms with Crippen molar-refractivity contribution < 1.29 is 18.3 Å². The van der Waals surface area contributed by atoms with Crippen molar-refractivity contribution in [2.45, 2.75) is 19.3 Å². The maximum Gasteiger partial charge on any atom is 0.374 e. The molecule has 0 N–H and O–H groups in total. The first-order valence-corrected chi connectivity index (χ1v) is 8.36. The predicted molar refractivity (Wildman–Crippen MR) is 95.0 cm³/mol. The molecule has 1 aromatic heterocycles. The number of furan rings is 1. The normalized spacial score (nSPS) is 15.6. The van der Waals surface area contributed by atoms with Gasteiger partial charge in [0.15, 0.2) is 0 Å². The Hall–Kier alpha value is -3.64. The van der Waals surface area contributed by atoms with Crippen LogP contribution in [-0.4, -0.2) is 12.6 Å². The van der Waals surface area contributed by atoms with E-state index < -0.39 is 11.8 Å². The van der Waals surface area contributed by atoms with E-state index in [1.54, 1.807) is 19.1 Å². The van der Waals surface area contributed by atoms with Gasteiger partial charge >= 0.3 is 5.97 Å². The van der Waals surface area contributed by atoms with Crippen LogP contribution in [0.4, 0.5) is 4.39 Å². The quantitative estimate of drug-likeness (QED) is 0.740. The summed E-state index contributed by atoms with van der Waals surface area (Å²) in [5.41, 5.74) is 1.54. The van der Waals surface area contributed by atoms with E-state index in [0.717, 1.165) is 6.07 Å². The third kappa shape index (κ3) is 3.80. The highest BCUT2D eigenvalue weighted by atomic mass is 19.1. The molecular formula is C21H15FN2O3. The summed E-state index contributed by atoms with van der Waals surface area (Å²) in [7, 11) is 0. The second-order valence-corrected chi connectivity index (χ2v) is 5.93. The van der Waals surface area contributed by atoms with E-state index in [0.29, 0.717) is 28.9 Å². The number of nitrogens with zero attached hydrogens (tertiary/aromatic N) is 2. The van der Waals surface area contributed by atoms with E-state index in [4.69, 9.17) is 19.7 Å². The van der Waals surface area contributed by atoms with E-state index in [1.165, 1.54) is 18.2 Å². The fourth-order valence-electron chi connectivity index (χ4n) is 2.96. The zero-order valence-electron chi connectivity index (χ0n) is 14.5. The minimum Gasteiger partial charge on any atom is -0.460 e. The van der Waals surface area contributed by atoms with E-state index in [2.05, 4.69) is 6.07 Å². The minimum atomic E-state index is -0.627. The van der Waals surface area contributed by atoms with Crippen LogP contribution >= 0.6 is 0 Å². The molecule has 0 saturated carbocycles. The second kappa shape index (κ2) is 7.72. The maximum atomic E-state index is 13.9. The van der Waals surface area contributed by atoms with Crippen molar-refractivity contribution >= 4 is 5.97 Å². The number of rotatable bonds is 4. The summed E-state index contributed by atoms with van der Waals surface area (Å²) in [6, 6.07) is 9.41. The molecule has 134 valence electrons. The molecule has 0 saturated heterocycles. The lowest BCUT2D eigenvalue weighted by Crippen LogP contribution is -2.03. The average molecular weight is 362 g/mol. The van der Waals surface area contributed by atoms with E-state index in [-0.39, 0.29) is 23.8 Å². The summed E-state index contributed by atoms with van der Waals surface area (Å²) < 4.78 is 24.7. The van der Waals surface area contributed by atoms with Crippen LogP contribution in [0.3, 0.4) is 0 Å². The number of hydrogen-bond acceptors (Lipinski definition) is 5. The molecule has 0 amide bonds. The van der Waals surface area contributed by atoms with Crippen molar-refractivity contribution in [3.05, 3.63) is 71.0 Å². The molecule has 1 atom stereocenters. The van der Waals surface area contributed by atoms with Gasteiger partial charge in [-0.05, 0) is 49.2 Å². The molecule has 0 aliphatic heterocycles. The van der Waals surface area contributed by atoms with Crippen molar-refractivity contribution in [2.24, 2.45) is 0 Å². The Bertz CT molecular complexity index is 1030. The summed E-state index contributed by atoms with van der Waals surface area (Å²) in [4.78, 5) is 12.1. The number of carbonyl (C=O) groups is 1. The summed E-state index contributed by atoms with van der Waals surface area (Å²) in [6.07, 6.45) is 5.85. The van der Waals surface area contributed by atoms with Gasteiger partial charge in [-0.1, -0.05) is 12.2 Å². The van der Waals surface area contributed by atoms with Crippen molar-refractivity contribution in [1.29, 1.82) is 10.5 Å². The smallest absolute Gasteiger partial charge is 0.374 e. The highest BCUT2D eigenvalue weighted by Gasteiger charge is 2.25. The monoisotopic (exact) mass is 362 g/mol. The number of hydrogen-bond donors (Lipinski definition) is 0. The number of allylic oxidation sites excluding steroid dienone is 4. The molecule has 3 rings (SSSR count). The fraction of sp³-hybridized carbons (Fsp3) is 0.190. The largest absolute Gasteiger partial charge is 0.460 e. The van der Waals surface area contributed by atoms with Crippen molar-refractivity contribution in [1.82, 2.24) is 0 Å². The molecule has 0 radical (unpaired) electrons. The standard InChI is InChI=1S/C21H15FN2O3/c1-2-26-21(25)19-10-18(16-7-14(12-24)8-17(22)9-16)20(27-19)15-5-3-4-13(6-15)11-23/h3-4,6-10,15H,2,5H2,1H3. The first kappa shape index (κ1) is 18.2. The van der Waals surface area contributed by atoms with Crippen LogP contribution in [-0.2, 0) is 4.74 Å². The Balaban J connectivity index is 2.15. The van der Waals surface area contributed by atoms with Crippen LogP contribution in [0.15, 0.2) is 52.5 Å². The summed E-state index contributed by atoms with van der Waals surface area (Å²) >= 11 is 0. The van der Waals surface area contributed by atoms with Crippen LogP contribution in [0.25, 0.3) is 11.1 Å². The molecule has 6 heteroatoms. The van der Waals surface area contributed by atoms with Gasteiger partial charge < -0.3 is 9.15 Å². The van der Waals surface area contributed by atoms with Gasteiger partial charge in [0.1, 0.15) is 11.6 Å². The Morgan fingerprint density at radius 2 is 2.11 bits per heavy atom. The maximum absolute atomic E-state index is 13.9. The SMILES string of the molecule is CCOC(=O)c1cc(-c2cc(F)cc(C#N)c2)c(C2C=C(C#N)C=CC2)o1. The summed E-state index contributed by atoms with van der Waals surface area (Å²) in [5, 5.41) is 18.3. The van der Waals surface area contributed by atoms with Gasteiger partial charge in [-0.3, -0.25) is 0 Å². The van der Waals surface area contributed by atoms with Gasteiger partial charge in [0.2, 0.25) is 5.76 Å². The predicted octanol–water partition coefficient (Wildman–Crippen LogP) is 4.63. The number of carbonyl (C=O) groups excluding carboxylic acids is 1. The molecule has 0 spiro atoms. The number of halogens is 1. The molecule has 27 heavy (non-hydrogen) atoms. The van der Waals surface area contributed by atoms with E-state index in [9.17, 15) is 9.18 Å². The van der Waals surface area contributed by atoms with Gasteiger partial charge in [-0.25, -0.2) is 9.18 Å². The van der Waals surface area contributed by atoms with E-state index >= 15 is 0 Å². The Kier molecular flexibility index (Phi) is 5.19. The first-order chi connectivity index (χ1) is 13.0. The topological polar surface area (TPSA) is 87.0 Å². The Labute approximate surface area is 155 Å². The third-order valence-corrected chi connectivity index (χ3v) is 4.11. The van der Waals surface area contributed by atoms with Gasteiger partial charge in [-0.15, -0.1) is 0 Å². The molecule has 1 aliphatic carbocycles. The van der Waals surface area contributed by atoms with Crippen molar-refractivity contribution in [2.75, 3.05) is 6.61 Å². The molecule has 1 heterocycles. The minimum absolute atomic E-state index is 0.00826. The zero-order chi connectivity index (χ0) is 19.4.